The van der Waals surface area contributed by atoms with Crippen LogP contribution in [-0.2, 0) is 11.3 Å². The van der Waals surface area contributed by atoms with Crippen LogP contribution in [0.15, 0.2) is 9.52 Å². The van der Waals surface area contributed by atoms with Crippen LogP contribution in [0.1, 0.15) is 59.2 Å². The molecule has 0 saturated heterocycles. The van der Waals surface area contributed by atoms with Crippen LogP contribution in [0.4, 0.5) is 4.79 Å². The third-order valence-electron chi connectivity index (χ3n) is 3.91. The molecule has 148 valence electrons. The molecule has 26 heavy (non-hydrogen) atoms. The molecule has 0 bridgehead atoms. The van der Waals surface area contributed by atoms with E-state index in [4.69, 9.17) is 9.26 Å². The number of nitrogens with zero attached hydrogens (tertiary/aromatic N) is 3. The van der Waals surface area contributed by atoms with Gasteiger partial charge in [0.05, 0.1) is 12.1 Å². The van der Waals surface area contributed by atoms with Gasteiger partial charge in [0.1, 0.15) is 5.60 Å². The van der Waals surface area contributed by atoms with Gasteiger partial charge in [-0.05, 0) is 40.5 Å². The Balaban J connectivity index is 2.62. The fourth-order valence-corrected chi connectivity index (χ4v) is 2.29. The van der Waals surface area contributed by atoms with Crippen molar-refractivity contribution in [2.75, 3.05) is 13.6 Å². The Morgan fingerprint density at radius 2 is 1.88 bits per heavy atom. The summed E-state index contributed by atoms with van der Waals surface area (Å²) in [5, 5.41) is 13.1. The first-order valence-corrected chi connectivity index (χ1v) is 8.88. The van der Waals surface area contributed by atoms with Crippen molar-refractivity contribution in [3.05, 3.63) is 11.7 Å². The summed E-state index contributed by atoms with van der Waals surface area (Å²) in [6.07, 6.45) is 1.07. The summed E-state index contributed by atoms with van der Waals surface area (Å²) in [4.78, 5) is 20.5. The minimum absolute atomic E-state index is 0.366. The van der Waals surface area contributed by atoms with E-state index < -0.39 is 17.2 Å². The minimum atomic E-state index is -0.537. The number of hydrogen-bond acceptors (Lipinski definition) is 6. The second-order valence-electron chi connectivity index (χ2n) is 7.13. The number of carbonyl (C=O) groups is 1. The third-order valence-corrected chi connectivity index (χ3v) is 3.91. The molecule has 9 heteroatoms. The maximum atomic E-state index is 12.2. The van der Waals surface area contributed by atoms with Crippen LogP contribution < -0.4 is 16.0 Å². The van der Waals surface area contributed by atoms with E-state index in [0.717, 1.165) is 12.8 Å². The quantitative estimate of drug-likeness (QED) is 0.499. The lowest BCUT2D eigenvalue weighted by Gasteiger charge is -2.34. The number of guanidine groups is 1. The van der Waals surface area contributed by atoms with Crippen molar-refractivity contribution in [1.29, 1.82) is 0 Å². The number of aryl methyl sites for hydroxylation is 1. The standard InChI is InChI=1S/C17H32N6O3/c1-8-17(9-2,22-15(24)25-16(4,5)6)11-20-14(18-7)19-10-13-21-12(3)23-26-13/h8-11H2,1-7H3,(H,22,24)(H2,18,19,20). The van der Waals surface area contributed by atoms with E-state index in [1.807, 2.05) is 34.6 Å². The molecule has 0 aliphatic heterocycles. The van der Waals surface area contributed by atoms with E-state index >= 15 is 0 Å². The maximum Gasteiger partial charge on any atom is 0.408 e. The predicted octanol–water partition coefficient (Wildman–Crippen LogP) is 2.13. The molecular weight excluding hydrogens is 336 g/mol. The average molecular weight is 368 g/mol. The van der Waals surface area contributed by atoms with Crippen molar-refractivity contribution >= 4 is 12.1 Å². The first kappa shape index (κ1) is 21.7. The van der Waals surface area contributed by atoms with Gasteiger partial charge in [-0.15, -0.1) is 0 Å². The largest absolute Gasteiger partial charge is 0.444 e. The number of alkyl carbamates (subject to hydrolysis) is 1. The summed E-state index contributed by atoms with van der Waals surface area (Å²) >= 11 is 0. The zero-order valence-electron chi connectivity index (χ0n) is 16.9. The fourth-order valence-electron chi connectivity index (χ4n) is 2.29. The second kappa shape index (κ2) is 9.40. The second-order valence-corrected chi connectivity index (χ2v) is 7.13. The van der Waals surface area contributed by atoms with Gasteiger partial charge in [-0.1, -0.05) is 19.0 Å². The number of aliphatic imine (C=N–C) groups is 1. The van der Waals surface area contributed by atoms with E-state index in [0.29, 0.717) is 30.8 Å². The van der Waals surface area contributed by atoms with Crippen molar-refractivity contribution in [2.45, 2.75) is 72.1 Å². The van der Waals surface area contributed by atoms with E-state index in [2.05, 4.69) is 31.1 Å². The van der Waals surface area contributed by atoms with Gasteiger partial charge in [0.2, 0.25) is 5.89 Å². The molecule has 0 unspecified atom stereocenters. The molecule has 0 aliphatic rings. The van der Waals surface area contributed by atoms with Crippen molar-refractivity contribution in [2.24, 2.45) is 4.99 Å². The Morgan fingerprint density at radius 1 is 1.23 bits per heavy atom. The summed E-state index contributed by atoms with van der Waals surface area (Å²) in [6, 6.07) is 0. The number of rotatable bonds is 7. The first-order chi connectivity index (χ1) is 12.1. The van der Waals surface area contributed by atoms with Crippen LogP contribution >= 0.6 is 0 Å². The van der Waals surface area contributed by atoms with E-state index in [9.17, 15) is 4.79 Å². The topological polar surface area (TPSA) is 114 Å². The summed E-state index contributed by atoms with van der Waals surface area (Å²) in [7, 11) is 1.68. The number of aromatic nitrogens is 2. The van der Waals surface area contributed by atoms with Gasteiger partial charge in [0.15, 0.2) is 11.8 Å². The molecule has 0 saturated carbocycles. The maximum absolute atomic E-state index is 12.2. The van der Waals surface area contributed by atoms with Crippen molar-refractivity contribution in [3.63, 3.8) is 0 Å². The molecule has 1 amide bonds. The Morgan fingerprint density at radius 3 is 2.35 bits per heavy atom. The Bertz CT molecular complexity index is 602. The lowest BCUT2D eigenvalue weighted by molar-refractivity contribution is 0.0448. The van der Waals surface area contributed by atoms with Gasteiger partial charge >= 0.3 is 6.09 Å². The van der Waals surface area contributed by atoms with Gasteiger partial charge in [-0.3, -0.25) is 4.99 Å². The molecule has 0 aliphatic carbocycles. The first-order valence-electron chi connectivity index (χ1n) is 8.88. The molecule has 0 radical (unpaired) electrons. The lowest BCUT2D eigenvalue weighted by Crippen LogP contribution is -2.57. The fraction of sp³-hybridized carbons (Fsp3) is 0.765. The van der Waals surface area contributed by atoms with E-state index in [1.54, 1.807) is 14.0 Å². The minimum Gasteiger partial charge on any atom is -0.444 e. The van der Waals surface area contributed by atoms with Gasteiger partial charge in [0.25, 0.3) is 0 Å². The molecule has 1 heterocycles. The molecule has 9 nitrogen and oxygen atoms in total. The Hall–Kier alpha value is -2.32. The highest BCUT2D eigenvalue weighted by atomic mass is 16.6. The number of hydrogen-bond donors (Lipinski definition) is 3. The zero-order chi connectivity index (χ0) is 19.8. The molecule has 3 N–H and O–H groups in total. The molecule has 0 spiro atoms. The number of amides is 1. The van der Waals surface area contributed by atoms with E-state index in [-0.39, 0.29) is 0 Å². The van der Waals surface area contributed by atoms with E-state index in [1.165, 1.54) is 0 Å². The molecule has 0 atom stereocenters. The summed E-state index contributed by atoms with van der Waals surface area (Å²) < 4.78 is 10.5. The average Bonchev–Trinajstić information content (AvgIpc) is 2.97. The number of nitrogens with one attached hydrogen (secondary N) is 3. The number of ether oxygens (including phenoxy) is 1. The summed E-state index contributed by atoms with van der Waals surface area (Å²) in [5.41, 5.74) is -0.981. The van der Waals surface area contributed by atoms with Gasteiger partial charge < -0.3 is 25.2 Å². The monoisotopic (exact) mass is 368 g/mol. The molecule has 1 aromatic heterocycles. The molecule has 0 aromatic carbocycles. The highest BCUT2D eigenvalue weighted by Crippen LogP contribution is 2.16. The molecule has 1 aromatic rings. The normalized spacial score (nSPS) is 12.7. The summed E-state index contributed by atoms with van der Waals surface area (Å²) in [6.45, 7) is 12.2. The zero-order valence-corrected chi connectivity index (χ0v) is 16.9. The van der Waals surface area contributed by atoms with Crippen LogP contribution in [0, 0.1) is 6.92 Å². The lowest BCUT2D eigenvalue weighted by atomic mass is 9.93. The highest BCUT2D eigenvalue weighted by Gasteiger charge is 2.30. The van der Waals surface area contributed by atoms with Gasteiger partial charge in [0, 0.05) is 13.6 Å². The van der Waals surface area contributed by atoms with Crippen LogP contribution in [0.2, 0.25) is 0 Å². The Labute approximate surface area is 155 Å². The molecular formula is C17H32N6O3. The molecule has 1 rings (SSSR count). The highest BCUT2D eigenvalue weighted by molar-refractivity contribution is 5.79. The molecule has 0 fully saturated rings. The predicted molar refractivity (Wildman–Crippen MR) is 99.9 cm³/mol. The van der Waals surface area contributed by atoms with Crippen LogP contribution in [0.3, 0.4) is 0 Å². The van der Waals surface area contributed by atoms with Gasteiger partial charge in [-0.25, -0.2) is 4.79 Å². The van der Waals surface area contributed by atoms with Crippen molar-refractivity contribution in [1.82, 2.24) is 26.1 Å². The SMILES string of the molecule is CCC(CC)(CNC(=NC)NCc1nc(C)no1)NC(=O)OC(C)(C)C. The van der Waals surface area contributed by atoms with Crippen molar-refractivity contribution in [3.8, 4) is 0 Å². The van der Waals surface area contributed by atoms with Gasteiger partial charge in [-0.2, -0.15) is 4.98 Å². The smallest absolute Gasteiger partial charge is 0.408 e. The Kier molecular flexibility index (Phi) is 7.85. The van der Waals surface area contributed by atoms with Crippen LogP contribution in [0.5, 0.6) is 0 Å². The van der Waals surface area contributed by atoms with Crippen molar-refractivity contribution < 1.29 is 14.1 Å². The van der Waals surface area contributed by atoms with Crippen LogP contribution in [-0.4, -0.2) is 46.9 Å². The third kappa shape index (κ3) is 7.28. The summed E-state index contributed by atoms with van der Waals surface area (Å²) in [5.74, 6) is 1.65. The van der Waals surface area contributed by atoms with Crippen LogP contribution in [0.25, 0.3) is 0 Å². The number of carbonyl (C=O) groups excluding carboxylic acids is 1.